The Bertz CT molecular complexity index is 595. The highest BCUT2D eigenvalue weighted by molar-refractivity contribution is 7.99. The van der Waals surface area contributed by atoms with Crippen LogP contribution in [-0.2, 0) is 15.7 Å². The molecule has 1 aromatic rings. The van der Waals surface area contributed by atoms with E-state index in [-0.39, 0.29) is 17.7 Å². The molecule has 0 saturated carbocycles. The van der Waals surface area contributed by atoms with E-state index in [0.29, 0.717) is 16.6 Å². The molecule has 2 heterocycles. The smallest absolute Gasteiger partial charge is 0.241 e. The quantitative estimate of drug-likeness (QED) is 0.639. The van der Waals surface area contributed by atoms with E-state index >= 15 is 0 Å². The van der Waals surface area contributed by atoms with Gasteiger partial charge in [0, 0.05) is 11.8 Å². The molecule has 4 nitrogen and oxygen atoms in total. The number of halogens is 3. The monoisotopic (exact) mass is 368 g/mol. The van der Waals surface area contributed by atoms with E-state index in [0.717, 1.165) is 5.01 Å². The molecule has 1 amide bonds. The number of hydrogen-bond donors (Lipinski definition) is 1. The van der Waals surface area contributed by atoms with E-state index in [1.54, 1.807) is 11.6 Å². The van der Waals surface area contributed by atoms with Gasteiger partial charge in [-0.05, 0) is 30.4 Å². The first-order chi connectivity index (χ1) is 10.4. The molecule has 0 aliphatic carbocycles. The van der Waals surface area contributed by atoms with Crippen LogP contribution in [0.2, 0.25) is 0 Å². The Morgan fingerprint density at radius 2 is 2.00 bits per heavy atom. The summed E-state index contributed by atoms with van der Waals surface area (Å²) in [6.07, 6.45) is -4.84. The molecule has 0 bridgehead atoms. The van der Waals surface area contributed by atoms with Crippen molar-refractivity contribution in [2.75, 3.05) is 16.8 Å². The number of nitrogens with one attached hydrogen (secondary N) is 1. The van der Waals surface area contributed by atoms with E-state index in [1.165, 1.54) is 23.1 Å². The summed E-state index contributed by atoms with van der Waals surface area (Å²) in [5, 5.41) is 9.00. The van der Waals surface area contributed by atoms with Crippen LogP contribution in [0.15, 0.2) is 0 Å². The molecule has 1 aliphatic rings. The molecule has 23 heavy (non-hydrogen) atoms. The standard InChI is InChI=1S/C14H20F3N3OS2/c1-12(2,3)10-19-20-11(23-10)18-9(21)13(20,4)8-22-7-5-6-14(15,16)17/h5-8H2,1-4H3/p+1. The zero-order valence-electron chi connectivity index (χ0n) is 13.6. The SMILES string of the molecule is CC(C)(C)c1n[n+]2c(s1)NC(=O)C2(C)CSCCCC(F)(F)F. The van der Waals surface area contributed by atoms with Gasteiger partial charge in [0.05, 0.1) is 5.75 Å². The van der Waals surface area contributed by atoms with Crippen molar-refractivity contribution in [3.63, 3.8) is 0 Å². The molecular formula is C14H21F3N3OS2+. The summed E-state index contributed by atoms with van der Waals surface area (Å²) in [6, 6.07) is 0. The van der Waals surface area contributed by atoms with Crippen LogP contribution < -0.4 is 10.00 Å². The molecule has 1 N–H and O–H groups in total. The van der Waals surface area contributed by atoms with E-state index < -0.39 is 18.1 Å². The number of aromatic nitrogens is 2. The first-order valence-electron chi connectivity index (χ1n) is 7.33. The van der Waals surface area contributed by atoms with E-state index in [9.17, 15) is 18.0 Å². The molecular weight excluding hydrogens is 347 g/mol. The number of nitrogens with zero attached hydrogens (tertiary/aromatic N) is 2. The van der Waals surface area contributed by atoms with Crippen LogP contribution in [0, 0.1) is 0 Å². The number of anilines is 1. The maximum absolute atomic E-state index is 12.2. The highest BCUT2D eigenvalue weighted by Gasteiger charge is 2.54. The minimum absolute atomic E-state index is 0.0632. The zero-order valence-corrected chi connectivity index (χ0v) is 15.2. The van der Waals surface area contributed by atoms with Crippen molar-refractivity contribution < 1.29 is 22.6 Å². The summed E-state index contributed by atoms with van der Waals surface area (Å²) < 4.78 is 38.1. The van der Waals surface area contributed by atoms with Crippen molar-refractivity contribution in [2.45, 2.75) is 57.7 Å². The van der Waals surface area contributed by atoms with Crippen molar-refractivity contribution in [3.05, 3.63) is 5.01 Å². The second-order valence-electron chi connectivity index (χ2n) is 6.87. The summed E-state index contributed by atoms with van der Waals surface area (Å²) >= 11 is 2.80. The third-order valence-electron chi connectivity index (χ3n) is 3.53. The summed E-state index contributed by atoms with van der Waals surface area (Å²) in [6.45, 7) is 7.92. The van der Waals surface area contributed by atoms with Gasteiger partial charge in [-0.15, -0.1) is 4.68 Å². The fourth-order valence-electron chi connectivity index (χ4n) is 2.11. The number of carbonyl (C=O) groups excluding carboxylic acids is 1. The predicted octanol–water partition coefficient (Wildman–Crippen LogP) is 3.47. The van der Waals surface area contributed by atoms with Gasteiger partial charge in [0.1, 0.15) is 5.01 Å². The number of thioether (sulfide) groups is 1. The van der Waals surface area contributed by atoms with Crippen molar-refractivity contribution in [1.82, 2.24) is 5.10 Å². The molecule has 1 unspecified atom stereocenters. The van der Waals surface area contributed by atoms with Crippen LogP contribution in [0.25, 0.3) is 0 Å². The van der Waals surface area contributed by atoms with Crippen molar-refractivity contribution in [3.8, 4) is 0 Å². The number of rotatable bonds is 5. The minimum Gasteiger partial charge on any atom is -0.241 e. The van der Waals surface area contributed by atoms with Crippen LogP contribution in [0.4, 0.5) is 18.3 Å². The van der Waals surface area contributed by atoms with E-state index in [4.69, 9.17) is 0 Å². The lowest BCUT2D eigenvalue weighted by atomic mass is 9.98. The van der Waals surface area contributed by atoms with Crippen LogP contribution in [0.5, 0.6) is 0 Å². The fourth-order valence-corrected chi connectivity index (χ4v) is 4.34. The molecule has 0 saturated heterocycles. The normalized spacial score (nSPS) is 21.4. The highest BCUT2D eigenvalue weighted by Crippen LogP contribution is 2.33. The Hall–Kier alpha value is -0.830. The van der Waals surface area contributed by atoms with Gasteiger partial charge in [0.2, 0.25) is 5.54 Å². The summed E-state index contributed by atoms with van der Waals surface area (Å²) in [5.41, 5.74) is -0.967. The van der Waals surface area contributed by atoms with Gasteiger partial charge >= 0.3 is 17.2 Å². The van der Waals surface area contributed by atoms with Crippen LogP contribution >= 0.6 is 23.1 Å². The molecule has 130 valence electrons. The Morgan fingerprint density at radius 1 is 1.35 bits per heavy atom. The maximum Gasteiger partial charge on any atom is 0.389 e. The van der Waals surface area contributed by atoms with Crippen LogP contribution in [0.3, 0.4) is 0 Å². The average molecular weight is 368 g/mol. The lowest BCUT2D eigenvalue weighted by Gasteiger charge is -2.17. The molecule has 1 aliphatic heterocycles. The fraction of sp³-hybridized carbons (Fsp3) is 0.786. The summed E-state index contributed by atoms with van der Waals surface area (Å²) in [7, 11) is 0. The Balaban J connectivity index is 2.02. The Morgan fingerprint density at radius 3 is 2.57 bits per heavy atom. The third kappa shape index (κ3) is 4.17. The molecule has 2 rings (SSSR count). The third-order valence-corrected chi connectivity index (χ3v) is 6.23. The lowest BCUT2D eigenvalue weighted by Crippen LogP contribution is -2.58. The van der Waals surface area contributed by atoms with Gasteiger partial charge in [0.25, 0.3) is 0 Å². The number of fused-ring (bicyclic) bond motifs is 1. The van der Waals surface area contributed by atoms with Crippen molar-refractivity contribution in [2.24, 2.45) is 0 Å². The predicted molar refractivity (Wildman–Crippen MR) is 85.9 cm³/mol. The first-order valence-corrected chi connectivity index (χ1v) is 9.31. The Kier molecular flexibility index (Phi) is 5.02. The number of alkyl halides is 3. The van der Waals surface area contributed by atoms with Crippen LogP contribution in [0.1, 0.15) is 45.5 Å². The summed E-state index contributed by atoms with van der Waals surface area (Å²) in [5.74, 6) is 0.621. The minimum atomic E-state index is -4.12. The second-order valence-corrected chi connectivity index (χ2v) is 8.96. The number of amides is 1. The average Bonchev–Trinajstić information content (AvgIpc) is 2.88. The zero-order chi connectivity index (χ0) is 17.5. The molecule has 0 fully saturated rings. The van der Waals surface area contributed by atoms with E-state index in [1.807, 2.05) is 20.8 Å². The van der Waals surface area contributed by atoms with Crippen molar-refractivity contribution in [1.29, 1.82) is 0 Å². The number of hydrogen-bond acceptors (Lipinski definition) is 4. The molecule has 9 heteroatoms. The van der Waals surface area contributed by atoms with Gasteiger partial charge in [-0.3, -0.25) is 0 Å². The van der Waals surface area contributed by atoms with Crippen LogP contribution in [-0.4, -0.2) is 28.7 Å². The molecule has 0 spiro atoms. The number of carbonyl (C=O) groups is 1. The van der Waals surface area contributed by atoms with Gasteiger partial charge in [-0.2, -0.15) is 30.2 Å². The molecule has 1 atom stereocenters. The highest BCUT2D eigenvalue weighted by atomic mass is 32.2. The van der Waals surface area contributed by atoms with Gasteiger partial charge in [-0.25, -0.2) is 4.79 Å². The molecule has 1 aromatic heterocycles. The van der Waals surface area contributed by atoms with Gasteiger partial charge < -0.3 is 0 Å². The van der Waals surface area contributed by atoms with E-state index in [2.05, 4.69) is 10.4 Å². The first kappa shape index (κ1) is 18.5. The van der Waals surface area contributed by atoms with Gasteiger partial charge in [0.15, 0.2) is 0 Å². The topological polar surface area (TPSA) is 45.9 Å². The largest absolute Gasteiger partial charge is 0.389 e. The van der Waals surface area contributed by atoms with Gasteiger partial charge in [-0.1, -0.05) is 25.9 Å². The lowest BCUT2D eigenvalue weighted by molar-refractivity contribution is -0.771. The Labute approximate surface area is 141 Å². The molecule has 0 aromatic carbocycles. The maximum atomic E-state index is 12.2. The van der Waals surface area contributed by atoms with Crippen molar-refractivity contribution >= 4 is 34.1 Å². The summed E-state index contributed by atoms with van der Waals surface area (Å²) in [4.78, 5) is 12.2. The molecule has 0 radical (unpaired) electrons. The second kappa shape index (κ2) is 6.23.